The number of ketones is 2. The van der Waals surface area contributed by atoms with Crippen molar-refractivity contribution in [2.75, 3.05) is 0 Å². The van der Waals surface area contributed by atoms with E-state index in [1.807, 2.05) is 27.7 Å². The van der Waals surface area contributed by atoms with Crippen LogP contribution in [0.25, 0.3) is 10.9 Å². The van der Waals surface area contributed by atoms with Crippen LogP contribution in [-0.2, 0) is 24.0 Å². The van der Waals surface area contributed by atoms with E-state index in [9.17, 15) is 33.6 Å². The molecule has 0 bridgehead atoms. The quantitative estimate of drug-likeness (QED) is 0.134. The summed E-state index contributed by atoms with van der Waals surface area (Å²) in [5.41, 5.74) is 0.712. The SMILES string of the molecule is CCC[C@H](NC(=O)[C@@H]1C[C@@H]2CCCC[C@@H]2N1C(=O)C(NC(=O)[C@@H](NC(=O)c1cc2cc(C(C)=O)ccc2[nH]1)C1CCCCC1)C(C)(C)C)C(=O)C(=O)NC1CC1. The molecular formula is C43H60N6O7. The Balaban J connectivity index is 1.23. The van der Waals surface area contributed by atoms with Crippen molar-refractivity contribution in [1.82, 2.24) is 31.2 Å². The smallest absolute Gasteiger partial charge is 0.289 e. The number of nitrogens with zero attached hydrogens (tertiary/aromatic N) is 1. The lowest BCUT2D eigenvalue weighted by Crippen LogP contribution is -2.63. The first kappa shape index (κ1) is 41.1. The van der Waals surface area contributed by atoms with Gasteiger partial charge in [0, 0.05) is 28.6 Å². The van der Waals surface area contributed by atoms with Gasteiger partial charge in [-0.3, -0.25) is 33.6 Å². The predicted octanol–water partition coefficient (Wildman–Crippen LogP) is 4.87. The van der Waals surface area contributed by atoms with E-state index in [-0.39, 0.29) is 41.3 Å². The molecule has 5 amide bonds. The Hall–Kier alpha value is -4.55. The summed E-state index contributed by atoms with van der Waals surface area (Å²) in [5.74, 6) is -3.24. The van der Waals surface area contributed by atoms with E-state index in [2.05, 4.69) is 26.3 Å². The van der Waals surface area contributed by atoms with Gasteiger partial charge in [-0.25, -0.2) is 0 Å². The average Bonchev–Trinajstić information content (AvgIpc) is 3.73. The molecule has 5 N–H and O–H groups in total. The molecule has 1 aliphatic heterocycles. The molecule has 13 heteroatoms. The highest BCUT2D eigenvalue weighted by Crippen LogP contribution is 2.41. The summed E-state index contributed by atoms with van der Waals surface area (Å²) in [6.07, 6.45) is 10.8. The zero-order valence-electron chi connectivity index (χ0n) is 33.6. The number of hydrogen-bond acceptors (Lipinski definition) is 7. The maximum atomic E-state index is 15.0. The molecule has 1 aromatic heterocycles. The van der Waals surface area contributed by atoms with E-state index in [4.69, 9.17) is 0 Å². The van der Waals surface area contributed by atoms with Crippen LogP contribution < -0.4 is 21.3 Å². The van der Waals surface area contributed by atoms with E-state index < -0.39 is 59.0 Å². The maximum Gasteiger partial charge on any atom is 0.289 e. The van der Waals surface area contributed by atoms with Gasteiger partial charge in [0.2, 0.25) is 23.5 Å². The summed E-state index contributed by atoms with van der Waals surface area (Å²) < 4.78 is 0. The minimum absolute atomic E-state index is 0.00168. The van der Waals surface area contributed by atoms with Gasteiger partial charge in [0.1, 0.15) is 23.8 Å². The number of aromatic nitrogens is 1. The minimum Gasteiger partial charge on any atom is -0.351 e. The van der Waals surface area contributed by atoms with Crippen LogP contribution in [0.4, 0.5) is 0 Å². The number of fused-ring (bicyclic) bond motifs is 2. The van der Waals surface area contributed by atoms with Crippen LogP contribution in [-0.4, -0.2) is 87.2 Å². The lowest BCUT2D eigenvalue weighted by Gasteiger charge is -2.40. The van der Waals surface area contributed by atoms with E-state index in [0.717, 1.165) is 70.6 Å². The molecule has 13 nitrogen and oxygen atoms in total. The number of carbonyl (C=O) groups is 7. The van der Waals surface area contributed by atoms with Crippen LogP contribution in [0.15, 0.2) is 24.3 Å². The molecule has 0 radical (unpaired) electrons. The molecule has 0 spiro atoms. The van der Waals surface area contributed by atoms with Gasteiger partial charge in [0.05, 0.1) is 6.04 Å². The normalized spacial score (nSPS) is 23.0. The molecule has 1 unspecified atom stereocenters. The predicted molar refractivity (Wildman–Crippen MR) is 212 cm³/mol. The molecule has 4 aliphatic rings. The van der Waals surface area contributed by atoms with Gasteiger partial charge in [-0.05, 0) is 99.8 Å². The van der Waals surface area contributed by atoms with Gasteiger partial charge in [0.15, 0.2) is 5.78 Å². The van der Waals surface area contributed by atoms with Crippen molar-refractivity contribution in [2.45, 2.75) is 161 Å². The Kier molecular flexibility index (Phi) is 12.7. The fraction of sp³-hybridized carbons (Fsp3) is 0.651. The molecule has 4 fully saturated rings. The number of hydrogen-bond donors (Lipinski definition) is 5. The van der Waals surface area contributed by atoms with Crippen LogP contribution in [0.1, 0.15) is 145 Å². The van der Waals surface area contributed by atoms with Crippen LogP contribution in [0.2, 0.25) is 0 Å². The number of benzene rings is 1. The Labute approximate surface area is 329 Å². The van der Waals surface area contributed by atoms with Gasteiger partial charge in [0.25, 0.3) is 11.8 Å². The molecule has 1 saturated heterocycles. The second kappa shape index (κ2) is 17.3. The Bertz CT molecular complexity index is 1840. The van der Waals surface area contributed by atoms with Gasteiger partial charge < -0.3 is 31.2 Å². The molecule has 3 saturated carbocycles. The van der Waals surface area contributed by atoms with Gasteiger partial charge in [-0.15, -0.1) is 0 Å². The third-order valence-electron chi connectivity index (χ3n) is 12.4. The Morgan fingerprint density at radius 3 is 2.21 bits per heavy atom. The summed E-state index contributed by atoms with van der Waals surface area (Å²) in [6, 6.07) is 2.85. The van der Waals surface area contributed by atoms with E-state index in [1.165, 1.54) is 6.92 Å². The van der Waals surface area contributed by atoms with Crippen molar-refractivity contribution in [1.29, 1.82) is 0 Å². The number of rotatable bonds is 14. The average molecular weight is 773 g/mol. The van der Waals surface area contributed by atoms with E-state index in [0.29, 0.717) is 35.7 Å². The standard InChI is InChI=1S/C43H60N6O7/c1-6-12-31(36(51)41(55)44-29-18-19-29)46-39(53)34-23-27-15-10-11-16-33(27)49(34)42(56)37(43(3,4)5)48-40(54)35(25-13-8-7-9-14-25)47-38(52)32-22-28-21-26(24(2)50)17-20-30(28)45-32/h17,20-22,25,27,29,31,33-35,37,45H,6-16,18-19,23H2,1-5H3,(H,44,55)(H,46,53)(H,47,52)(H,48,54)/t27-,31-,33-,34-,35-,37?/m0/s1. The highest BCUT2D eigenvalue weighted by atomic mass is 16.2. The van der Waals surface area contributed by atoms with Crippen molar-refractivity contribution >= 4 is 52.0 Å². The number of amides is 5. The Morgan fingerprint density at radius 1 is 0.857 bits per heavy atom. The molecule has 2 heterocycles. The van der Waals surface area contributed by atoms with Crippen molar-refractivity contribution in [3.05, 3.63) is 35.5 Å². The largest absolute Gasteiger partial charge is 0.351 e. The molecule has 6 atom stereocenters. The number of carbonyl (C=O) groups excluding carboxylic acids is 7. The lowest BCUT2D eigenvalue weighted by atomic mass is 9.81. The molecule has 1 aromatic carbocycles. The third kappa shape index (κ3) is 9.35. The summed E-state index contributed by atoms with van der Waals surface area (Å²) in [7, 11) is 0. The van der Waals surface area contributed by atoms with Crippen LogP contribution in [0, 0.1) is 17.3 Å². The molecule has 304 valence electrons. The lowest BCUT2D eigenvalue weighted by molar-refractivity contribution is -0.147. The second-order valence-corrected chi connectivity index (χ2v) is 17.8. The number of nitrogens with one attached hydrogen (secondary N) is 5. The van der Waals surface area contributed by atoms with Crippen molar-refractivity contribution in [2.24, 2.45) is 17.3 Å². The molecule has 6 rings (SSSR count). The zero-order valence-corrected chi connectivity index (χ0v) is 33.6. The number of H-pyrrole nitrogens is 1. The fourth-order valence-corrected chi connectivity index (χ4v) is 9.07. The maximum absolute atomic E-state index is 15.0. The van der Waals surface area contributed by atoms with Crippen LogP contribution in [0.3, 0.4) is 0 Å². The molecular weight excluding hydrogens is 713 g/mol. The van der Waals surface area contributed by atoms with Gasteiger partial charge >= 0.3 is 0 Å². The van der Waals surface area contributed by atoms with Crippen LogP contribution >= 0.6 is 0 Å². The molecule has 2 aromatic rings. The number of likely N-dealkylation sites (tertiary alicyclic amines) is 1. The first-order valence-corrected chi connectivity index (χ1v) is 20.9. The third-order valence-corrected chi connectivity index (χ3v) is 12.4. The van der Waals surface area contributed by atoms with Crippen molar-refractivity contribution in [3.63, 3.8) is 0 Å². The van der Waals surface area contributed by atoms with Crippen LogP contribution in [0.5, 0.6) is 0 Å². The highest BCUT2D eigenvalue weighted by Gasteiger charge is 2.51. The first-order chi connectivity index (χ1) is 26.7. The molecule has 3 aliphatic carbocycles. The number of Topliss-reactive ketones (excluding diaryl/α,β-unsaturated/α-hetero) is 2. The molecule has 56 heavy (non-hydrogen) atoms. The summed E-state index contributed by atoms with van der Waals surface area (Å²) in [5, 5.41) is 12.4. The number of aromatic amines is 1. The second-order valence-electron chi connectivity index (χ2n) is 17.8. The monoisotopic (exact) mass is 772 g/mol. The van der Waals surface area contributed by atoms with Gasteiger partial charge in [-0.2, -0.15) is 0 Å². The summed E-state index contributed by atoms with van der Waals surface area (Å²) in [6.45, 7) is 9.00. The summed E-state index contributed by atoms with van der Waals surface area (Å²) >= 11 is 0. The topological polar surface area (TPSA) is 187 Å². The zero-order chi connectivity index (χ0) is 40.3. The van der Waals surface area contributed by atoms with Crippen molar-refractivity contribution < 1.29 is 33.6 Å². The van der Waals surface area contributed by atoms with E-state index in [1.54, 1.807) is 29.2 Å². The van der Waals surface area contributed by atoms with E-state index >= 15 is 0 Å². The van der Waals surface area contributed by atoms with Gasteiger partial charge in [-0.1, -0.05) is 66.2 Å². The fourth-order valence-electron chi connectivity index (χ4n) is 9.07. The summed E-state index contributed by atoms with van der Waals surface area (Å²) in [4.78, 5) is 100. The minimum atomic E-state index is -1.02. The highest BCUT2D eigenvalue weighted by molar-refractivity contribution is 6.38. The van der Waals surface area contributed by atoms with Crippen molar-refractivity contribution in [3.8, 4) is 0 Å². The Morgan fingerprint density at radius 2 is 1.55 bits per heavy atom. The first-order valence-electron chi connectivity index (χ1n) is 20.9.